The van der Waals surface area contributed by atoms with Crippen LogP contribution in [-0.4, -0.2) is 93.6 Å². The first-order valence-corrected chi connectivity index (χ1v) is 9.85. The summed E-state index contributed by atoms with van der Waals surface area (Å²) in [5.41, 5.74) is 10.7. The van der Waals surface area contributed by atoms with Gasteiger partial charge in [-0.1, -0.05) is 0 Å². The van der Waals surface area contributed by atoms with Crippen molar-refractivity contribution in [2.24, 2.45) is 17.4 Å². The lowest BCUT2D eigenvalue weighted by Gasteiger charge is -2.28. The number of aliphatic hydroxyl groups excluding tert-OH is 2. The van der Waals surface area contributed by atoms with Crippen molar-refractivity contribution in [3.05, 3.63) is 0 Å². The predicted octanol–water partition coefficient (Wildman–Crippen LogP) is -3.12. The molecule has 2 aliphatic rings. The van der Waals surface area contributed by atoms with Gasteiger partial charge in [0.2, 0.25) is 23.6 Å². The van der Waals surface area contributed by atoms with Crippen molar-refractivity contribution in [2.45, 2.75) is 63.4 Å². The van der Waals surface area contributed by atoms with E-state index in [0.717, 1.165) is 0 Å². The van der Waals surface area contributed by atoms with E-state index < -0.39 is 54.0 Å². The molecule has 1 unspecified atom stereocenters. The fourth-order valence-corrected chi connectivity index (χ4v) is 3.76. The molecule has 0 bridgehead atoms. The number of nitrogens with one attached hydrogen (secondary N) is 1. The summed E-state index contributed by atoms with van der Waals surface area (Å²) in [6.45, 7) is 3.87. The molecule has 164 valence electrons. The monoisotopic (exact) mass is 413 g/mol. The average Bonchev–Trinajstić information content (AvgIpc) is 3.34. The third-order valence-corrected chi connectivity index (χ3v) is 5.63. The van der Waals surface area contributed by atoms with Crippen molar-refractivity contribution in [1.82, 2.24) is 15.1 Å². The van der Waals surface area contributed by atoms with Crippen LogP contribution in [0.4, 0.5) is 0 Å². The summed E-state index contributed by atoms with van der Waals surface area (Å²) in [7, 11) is 0. The molecule has 2 fully saturated rings. The molecule has 2 aliphatic heterocycles. The maximum atomic E-state index is 13.0. The highest BCUT2D eigenvalue weighted by atomic mass is 16.3. The van der Waals surface area contributed by atoms with E-state index in [1.807, 2.05) is 0 Å². The maximum absolute atomic E-state index is 13.0. The van der Waals surface area contributed by atoms with Gasteiger partial charge < -0.3 is 36.8 Å². The first-order chi connectivity index (χ1) is 13.5. The highest BCUT2D eigenvalue weighted by molar-refractivity contribution is 5.91. The Hall–Kier alpha value is -2.24. The fraction of sp³-hybridized carbons (Fsp3) is 0.778. The molecule has 2 saturated heterocycles. The lowest BCUT2D eigenvalue weighted by Crippen LogP contribution is -2.54. The van der Waals surface area contributed by atoms with Crippen LogP contribution in [0.1, 0.15) is 33.1 Å². The Balaban J connectivity index is 1.97. The molecule has 2 heterocycles. The second-order valence-corrected chi connectivity index (χ2v) is 7.87. The average molecular weight is 413 g/mol. The minimum atomic E-state index is -1.52. The molecule has 4 amide bonds. The zero-order valence-electron chi connectivity index (χ0n) is 16.8. The van der Waals surface area contributed by atoms with Gasteiger partial charge in [-0.15, -0.1) is 0 Å². The number of carbonyl (C=O) groups excluding carboxylic acids is 4. The Bertz CT molecular complexity index is 657. The van der Waals surface area contributed by atoms with Crippen molar-refractivity contribution in [2.75, 3.05) is 19.6 Å². The van der Waals surface area contributed by atoms with E-state index in [1.165, 1.54) is 23.6 Å². The molecular formula is C18H31N5O6. The molecule has 0 saturated carbocycles. The number of aliphatic hydroxyl groups is 2. The van der Waals surface area contributed by atoms with Gasteiger partial charge in [0.1, 0.15) is 12.1 Å². The topological polar surface area (TPSA) is 179 Å². The van der Waals surface area contributed by atoms with Gasteiger partial charge in [-0.3, -0.25) is 19.2 Å². The van der Waals surface area contributed by atoms with Crippen LogP contribution in [0, 0.1) is 5.92 Å². The van der Waals surface area contributed by atoms with Crippen LogP contribution in [0.15, 0.2) is 0 Å². The van der Waals surface area contributed by atoms with Crippen molar-refractivity contribution in [3.63, 3.8) is 0 Å². The van der Waals surface area contributed by atoms with Crippen LogP contribution < -0.4 is 16.8 Å². The first kappa shape index (κ1) is 23.0. The number of likely N-dealkylation sites (tertiary alicyclic amines) is 2. The number of hydrogen-bond donors (Lipinski definition) is 5. The molecule has 2 rings (SSSR count). The number of primary amides is 1. The number of nitrogens with two attached hydrogens (primary N) is 2. The second-order valence-electron chi connectivity index (χ2n) is 7.87. The van der Waals surface area contributed by atoms with E-state index in [0.29, 0.717) is 32.4 Å². The third kappa shape index (κ3) is 5.22. The summed E-state index contributed by atoms with van der Waals surface area (Å²) in [6, 6.07) is -2.61. The lowest BCUT2D eigenvalue weighted by molar-refractivity contribution is -0.142. The Labute approximate surface area is 169 Å². The lowest BCUT2D eigenvalue weighted by atomic mass is 10.1. The molecule has 29 heavy (non-hydrogen) atoms. The van der Waals surface area contributed by atoms with Crippen LogP contribution in [0.25, 0.3) is 0 Å². The second kappa shape index (κ2) is 9.51. The molecule has 7 N–H and O–H groups in total. The van der Waals surface area contributed by atoms with E-state index in [1.54, 1.807) is 0 Å². The van der Waals surface area contributed by atoms with Gasteiger partial charge in [-0.05, 0) is 33.1 Å². The number of amides is 4. The Morgan fingerprint density at radius 2 is 1.76 bits per heavy atom. The standard InChI is InChI=1S/C18H31N5O6/c1-9(14(25)15(20)26)21-16(27)12-4-3-6-23(12)17(28)11-5-7-22(8-11)18(29)13(19)10(2)24/h9-14,24-25H,3-8,19H2,1-2H3,(H2,20,26)(H,21,27)/t9-,10+,11-,12?,13-,14+/m0/s1. The fourth-order valence-electron chi connectivity index (χ4n) is 3.76. The molecule has 0 aromatic rings. The molecule has 0 radical (unpaired) electrons. The number of nitrogens with zero attached hydrogens (tertiary/aromatic N) is 2. The molecule has 0 spiro atoms. The van der Waals surface area contributed by atoms with E-state index in [9.17, 15) is 29.4 Å². The van der Waals surface area contributed by atoms with Gasteiger partial charge in [0.15, 0.2) is 6.10 Å². The van der Waals surface area contributed by atoms with Crippen LogP contribution >= 0.6 is 0 Å². The SMILES string of the molecule is C[C@H](NC(=O)C1CCCN1C(=O)[C@H]1CCN(C(=O)[C@@H](N)[C@@H](C)O)C1)[C@@H](O)C(N)=O. The van der Waals surface area contributed by atoms with Gasteiger partial charge in [-0.25, -0.2) is 0 Å². The predicted molar refractivity (Wildman–Crippen MR) is 102 cm³/mol. The molecule has 11 heteroatoms. The van der Waals surface area contributed by atoms with Crippen molar-refractivity contribution < 1.29 is 29.4 Å². The summed E-state index contributed by atoms with van der Waals surface area (Å²) < 4.78 is 0. The van der Waals surface area contributed by atoms with E-state index in [2.05, 4.69) is 5.32 Å². The van der Waals surface area contributed by atoms with E-state index >= 15 is 0 Å². The van der Waals surface area contributed by atoms with Crippen molar-refractivity contribution in [1.29, 1.82) is 0 Å². The zero-order chi connectivity index (χ0) is 21.9. The minimum Gasteiger partial charge on any atom is -0.391 e. The number of rotatable bonds is 7. The maximum Gasteiger partial charge on any atom is 0.248 e. The highest BCUT2D eigenvalue weighted by Gasteiger charge is 2.41. The number of hydrogen-bond acceptors (Lipinski definition) is 7. The van der Waals surface area contributed by atoms with Gasteiger partial charge in [-0.2, -0.15) is 0 Å². The van der Waals surface area contributed by atoms with Gasteiger partial charge >= 0.3 is 0 Å². The Kier molecular flexibility index (Phi) is 7.55. The summed E-state index contributed by atoms with van der Waals surface area (Å²) in [6.07, 6.45) is -0.921. The normalized spacial score (nSPS) is 26.0. The summed E-state index contributed by atoms with van der Waals surface area (Å²) in [5.74, 6) is -2.46. The molecule has 11 nitrogen and oxygen atoms in total. The van der Waals surface area contributed by atoms with Crippen LogP contribution in [-0.2, 0) is 19.2 Å². The first-order valence-electron chi connectivity index (χ1n) is 9.85. The quantitative estimate of drug-likeness (QED) is 0.293. The summed E-state index contributed by atoms with van der Waals surface area (Å²) in [5, 5.41) is 21.7. The summed E-state index contributed by atoms with van der Waals surface area (Å²) >= 11 is 0. The Morgan fingerprint density at radius 3 is 2.34 bits per heavy atom. The smallest absolute Gasteiger partial charge is 0.248 e. The van der Waals surface area contributed by atoms with E-state index in [4.69, 9.17) is 11.5 Å². The molecule has 0 aromatic heterocycles. The van der Waals surface area contributed by atoms with Gasteiger partial charge in [0.05, 0.1) is 18.1 Å². The molecular weight excluding hydrogens is 382 g/mol. The van der Waals surface area contributed by atoms with Crippen LogP contribution in [0.2, 0.25) is 0 Å². The molecule has 0 aromatic carbocycles. The molecule has 0 aliphatic carbocycles. The summed E-state index contributed by atoms with van der Waals surface area (Å²) in [4.78, 5) is 51.8. The van der Waals surface area contributed by atoms with Gasteiger partial charge in [0.25, 0.3) is 0 Å². The largest absolute Gasteiger partial charge is 0.391 e. The zero-order valence-corrected chi connectivity index (χ0v) is 16.8. The molecule has 6 atom stereocenters. The van der Waals surface area contributed by atoms with E-state index in [-0.39, 0.29) is 12.5 Å². The van der Waals surface area contributed by atoms with Gasteiger partial charge in [0, 0.05) is 19.6 Å². The van der Waals surface area contributed by atoms with Crippen LogP contribution in [0.5, 0.6) is 0 Å². The van der Waals surface area contributed by atoms with Crippen LogP contribution in [0.3, 0.4) is 0 Å². The minimum absolute atomic E-state index is 0.194. The number of carbonyl (C=O) groups is 4. The van der Waals surface area contributed by atoms with Crippen molar-refractivity contribution in [3.8, 4) is 0 Å². The third-order valence-electron chi connectivity index (χ3n) is 5.63. The van der Waals surface area contributed by atoms with Crippen molar-refractivity contribution >= 4 is 23.6 Å². The Morgan fingerprint density at radius 1 is 1.10 bits per heavy atom. The highest BCUT2D eigenvalue weighted by Crippen LogP contribution is 2.25.